The summed E-state index contributed by atoms with van der Waals surface area (Å²) in [5.41, 5.74) is 0.463. The van der Waals surface area contributed by atoms with Gasteiger partial charge in [0.2, 0.25) is 15.9 Å². The average Bonchev–Trinajstić information content (AvgIpc) is 2.55. The van der Waals surface area contributed by atoms with Gasteiger partial charge in [0.15, 0.2) is 0 Å². The summed E-state index contributed by atoms with van der Waals surface area (Å²) in [7, 11) is -3.68. The number of nitrogens with zero attached hydrogens (tertiary/aromatic N) is 2. The van der Waals surface area contributed by atoms with E-state index in [1.165, 1.54) is 33.5 Å². The molecule has 1 aromatic carbocycles. The summed E-state index contributed by atoms with van der Waals surface area (Å²) in [5.74, 6) is -0.384. The van der Waals surface area contributed by atoms with Crippen molar-refractivity contribution in [2.75, 3.05) is 31.5 Å². The van der Waals surface area contributed by atoms with Crippen molar-refractivity contribution in [3.63, 3.8) is 0 Å². The first kappa shape index (κ1) is 17.0. The third-order valence-corrected chi connectivity index (χ3v) is 5.37. The molecule has 0 bridgehead atoms. The third-order valence-electron chi connectivity index (χ3n) is 3.45. The number of anilines is 1. The van der Waals surface area contributed by atoms with Crippen molar-refractivity contribution >= 4 is 27.7 Å². The lowest BCUT2D eigenvalue weighted by atomic mass is 10.3. The van der Waals surface area contributed by atoms with Crippen LogP contribution in [0.1, 0.15) is 0 Å². The van der Waals surface area contributed by atoms with Gasteiger partial charge in [-0.1, -0.05) is 6.58 Å². The van der Waals surface area contributed by atoms with Crippen LogP contribution in [0.25, 0.3) is 0 Å². The quantitative estimate of drug-likeness (QED) is 0.789. The fourth-order valence-electron chi connectivity index (χ4n) is 2.17. The third kappa shape index (κ3) is 3.88. The summed E-state index contributed by atoms with van der Waals surface area (Å²) in [5, 5.41) is 11.4. The molecule has 0 spiro atoms. The van der Waals surface area contributed by atoms with Crippen LogP contribution in [0.5, 0.6) is 0 Å². The normalized spacial score (nSPS) is 15.9. The molecule has 0 radical (unpaired) electrons. The van der Waals surface area contributed by atoms with Crippen molar-refractivity contribution in [2.24, 2.45) is 0 Å². The molecule has 0 aromatic heterocycles. The highest BCUT2D eigenvalue weighted by molar-refractivity contribution is 7.89. The van der Waals surface area contributed by atoms with Gasteiger partial charge in [0, 0.05) is 31.9 Å². The van der Waals surface area contributed by atoms with Crippen LogP contribution in [0.3, 0.4) is 0 Å². The Hall–Kier alpha value is -2.39. The van der Waals surface area contributed by atoms with Crippen LogP contribution in [0.4, 0.5) is 10.5 Å². The highest BCUT2D eigenvalue weighted by Gasteiger charge is 2.29. The summed E-state index contributed by atoms with van der Waals surface area (Å²) in [6, 6.07) is 5.78. The average molecular weight is 339 g/mol. The molecule has 9 heteroatoms. The Labute approximate surface area is 134 Å². The molecule has 0 aliphatic carbocycles. The minimum atomic E-state index is -3.68. The maximum absolute atomic E-state index is 12.5. The highest BCUT2D eigenvalue weighted by Crippen LogP contribution is 2.20. The van der Waals surface area contributed by atoms with E-state index in [0.29, 0.717) is 5.69 Å². The molecule has 23 heavy (non-hydrogen) atoms. The molecule has 1 saturated heterocycles. The molecule has 2 amide bonds. The minimum absolute atomic E-state index is 0.0953. The van der Waals surface area contributed by atoms with Crippen molar-refractivity contribution in [3.05, 3.63) is 36.9 Å². The summed E-state index contributed by atoms with van der Waals surface area (Å²) in [6.45, 7) is 3.84. The Kier molecular flexibility index (Phi) is 5.02. The Morgan fingerprint density at radius 1 is 1.13 bits per heavy atom. The number of carbonyl (C=O) groups is 2. The predicted molar refractivity (Wildman–Crippen MR) is 83.6 cm³/mol. The van der Waals surface area contributed by atoms with Crippen LogP contribution >= 0.6 is 0 Å². The second-order valence-electron chi connectivity index (χ2n) is 4.89. The molecule has 1 heterocycles. The zero-order valence-electron chi connectivity index (χ0n) is 12.3. The predicted octanol–water partition coefficient (Wildman–Crippen LogP) is 0.795. The second-order valence-corrected chi connectivity index (χ2v) is 6.83. The zero-order chi connectivity index (χ0) is 17.0. The molecule has 0 atom stereocenters. The van der Waals surface area contributed by atoms with Gasteiger partial charge in [0.05, 0.1) is 4.90 Å². The first-order chi connectivity index (χ1) is 10.8. The van der Waals surface area contributed by atoms with Gasteiger partial charge >= 0.3 is 6.09 Å². The molecule has 2 N–H and O–H groups in total. The van der Waals surface area contributed by atoms with Crippen LogP contribution in [-0.2, 0) is 14.8 Å². The molecule has 2 rings (SSSR count). The van der Waals surface area contributed by atoms with Crippen molar-refractivity contribution in [2.45, 2.75) is 4.90 Å². The van der Waals surface area contributed by atoms with E-state index in [4.69, 9.17) is 5.11 Å². The lowest BCUT2D eigenvalue weighted by Crippen LogP contribution is -2.50. The molecular weight excluding hydrogens is 322 g/mol. The number of hydrogen-bond acceptors (Lipinski definition) is 4. The van der Waals surface area contributed by atoms with Crippen LogP contribution in [0.15, 0.2) is 41.8 Å². The maximum atomic E-state index is 12.5. The summed E-state index contributed by atoms with van der Waals surface area (Å²) >= 11 is 0. The number of carbonyl (C=O) groups excluding carboxylic acids is 1. The SMILES string of the molecule is C=CC(=O)Nc1ccc(S(=O)(=O)N2CCN(C(=O)O)CC2)cc1. The number of nitrogens with one attached hydrogen (secondary N) is 1. The van der Waals surface area contributed by atoms with Crippen LogP contribution in [0.2, 0.25) is 0 Å². The van der Waals surface area contributed by atoms with Gasteiger partial charge < -0.3 is 15.3 Å². The van der Waals surface area contributed by atoms with Crippen molar-refractivity contribution < 1.29 is 23.1 Å². The van der Waals surface area contributed by atoms with Gasteiger partial charge in [-0.3, -0.25) is 4.79 Å². The van der Waals surface area contributed by atoms with Crippen molar-refractivity contribution in [1.29, 1.82) is 0 Å². The topological polar surface area (TPSA) is 107 Å². The monoisotopic (exact) mass is 339 g/mol. The van der Waals surface area contributed by atoms with E-state index >= 15 is 0 Å². The van der Waals surface area contributed by atoms with E-state index in [-0.39, 0.29) is 37.0 Å². The van der Waals surface area contributed by atoms with Crippen molar-refractivity contribution in [3.8, 4) is 0 Å². The number of rotatable bonds is 4. The summed E-state index contributed by atoms with van der Waals surface area (Å²) in [6.07, 6.45) is 0.0661. The molecule has 124 valence electrons. The van der Waals surface area contributed by atoms with E-state index < -0.39 is 16.1 Å². The van der Waals surface area contributed by atoms with Gasteiger partial charge in [0.25, 0.3) is 0 Å². The standard InChI is InChI=1S/C14H17N3O5S/c1-2-13(18)15-11-3-5-12(6-4-11)23(21,22)17-9-7-16(8-10-17)14(19)20/h2-6H,1,7-10H2,(H,15,18)(H,19,20). The van der Waals surface area contributed by atoms with Gasteiger partial charge in [0.1, 0.15) is 0 Å². The van der Waals surface area contributed by atoms with Crippen molar-refractivity contribution in [1.82, 2.24) is 9.21 Å². The van der Waals surface area contributed by atoms with Gasteiger partial charge in [-0.2, -0.15) is 4.31 Å². The fourth-order valence-corrected chi connectivity index (χ4v) is 3.59. The smallest absolute Gasteiger partial charge is 0.407 e. The van der Waals surface area contributed by atoms with Crippen LogP contribution in [-0.4, -0.2) is 60.9 Å². The molecule has 1 aliphatic heterocycles. The maximum Gasteiger partial charge on any atom is 0.407 e. The molecule has 1 aliphatic rings. The Morgan fingerprint density at radius 3 is 2.17 bits per heavy atom. The lowest BCUT2D eigenvalue weighted by molar-refractivity contribution is -0.111. The molecule has 8 nitrogen and oxygen atoms in total. The first-order valence-corrected chi connectivity index (χ1v) is 8.30. The number of sulfonamides is 1. The number of benzene rings is 1. The van der Waals surface area contributed by atoms with E-state index in [9.17, 15) is 18.0 Å². The number of piperazine rings is 1. The largest absolute Gasteiger partial charge is 0.465 e. The van der Waals surface area contributed by atoms with E-state index in [0.717, 1.165) is 6.08 Å². The molecule has 1 fully saturated rings. The van der Waals surface area contributed by atoms with Crippen LogP contribution in [0, 0.1) is 0 Å². The highest BCUT2D eigenvalue weighted by atomic mass is 32.2. The van der Waals surface area contributed by atoms with E-state index in [1.807, 2.05) is 0 Å². The van der Waals surface area contributed by atoms with E-state index in [1.54, 1.807) is 0 Å². The van der Waals surface area contributed by atoms with Gasteiger partial charge in [-0.25, -0.2) is 13.2 Å². The summed E-state index contributed by atoms with van der Waals surface area (Å²) < 4.78 is 26.3. The number of amides is 2. The Morgan fingerprint density at radius 2 is 1.70 bits per heavy atom. The summed E-state index contributed by atoms with van der Waals surface area (Å²) in [4.78, 5) is 23.3. The minimum Gasteiger partial charge on any atom is -0.465 e. The van der Waals surface area contributed by atoms with E-state index in [2.05, 4.69) is 11.9 Å². The molecule has 0 unspecified atom stereocenters. The second kappa shape index (κ2) is 6.80. The molecule has 0 saturated carbocycles. The molecule has 1 aromatic rings. The zero-order valence-corrected chi connectivity index (χ0v) is 13.1. The fraction of sp³-hybridized carbons (Fsp3) is 0.286. The van der Waals surface area contributed by atoms with Gasteiger partial charge in [-0.05, 0) is 30.3 Å². The number of hydrogen-bond donors (Lipinski definition) is 2. The number of carboxylic acid groups (broad SMARTS) is 1. The lowest BCUT2D eigenvalue weighted by Gasteiger charge is -2.32. The first-order valence-electron chi connectivity index (χ1n) is 6.86. The molecular formula is C14H17N3O5S. The Bertz CT molecular complexity index is 706. The Balaban J connectivity index is 2.09. The van der Waals surface area contributed by atoms with Gasteiger partial charge in [-0.15, -0.1) is 0 Å². The van der Waals surface area contributed by atoms with Crippen LogP contribution < -0.4 is 5.32 Å².